The molecule has 0 bridgehead atoms. The number of hydrogen-bond acceptors (Lipinski definition) is 8. The van der Waals surface area contributed by atoms with Gasteiger partial charge in [-0.25, -0.2) is 0 Å². The standard InChI is InChI=1S/C30H42N4O4/c1-23(2)32(4)30-27(29(31-38-30)25-11-6-5-7-12-25)21-34(15-14-33-16-18-36-19-17-33)20-26(35)22-37-28-13-9-8-10-24(28)3/h5-13,23,26,35H,14-22H2,1-4H3. The van der Waals surface area contributed by atoms with E-state index in [2.05, 4.69) is 45.8 Å². The van der Waals surface area contributed by atoms with Crippen LogP contribution in [0.25, 0.3) is 11.3 Å². The number of hydrogen-bond donors (Lipinski definition) is 1. The molecule has 0 aliphatic carbocycles. The zero-order valence-electron chi connectivity index (χ0n) is 23.2. The number of benzene rings is 2. The van der Waals surface area contributed by atoms with E-state index >= 15 is 0 Å². The number of morpholine rings is 1. The Bertz CT molecular complexity index is 1110. The molecule has 1 fully saturated rings. The number of anilines is 1. The highest BCUT2D eigenvalue weighted by Crippen LogP contribution is 2.33. The topological polar surface area (TPSA) is 74.4 Å². The molecule has 1 unspecified atom stereocenters. The average molecular weight is 523 g/mol. The van der Waals surface area contributed by atoms with E-state index in [1.807, 2.05) is 56.4 Å². The van der Waals surface area contributed by atoms with Gasteiger partial charge in [0, 0.05) is 57.9 Å². The minimum atomic E-state index is -0.648. The minimum Gasteiger partial charge on any atom is -0.491 e. The van der Waals surface area contributed by atoms with Crippen molar-refractivity contribution < 1.29 is 19.1 Å². The first-order valence-electron chi connectivity index (χ1n) is 13.6. The molecule has 0 spiro atoms. The van der Waals surface area contributed by atoms with Crippen LogP contribution in [0.5, 0.6) is 5.75 Å². The summed E-state index contributed by atoms with van der Waals surface area (Å²) in [6, 6.07) is 18.3. The maximum Gasteiger partial charge on any atom is 0.232 e. The zero-order chi connectivity index (χ0) is 26.9. The van der Waals surface area contributed by atoms with Gasteiger partial charge in [-0.15, -0.1) is 0 Å². The van der Waals surface area contributed by atoms with Crippen LogP contribution < -0.4 is 9.64 Å². The van der Waals surface area contributed by atoms with E-state index in [0.717, 1.165) is 73.4 Å². The molecule has 4 rings (SSSR count). The van der Waals surface area contributed by atoms with Crippen LogP contribution in [0.4, 0.5) is 5.88 Å². The van der Waals surface area contributed by atoms with Crippen LogP contribution in [-0.2, 0) is 11.3 Å². The summed E-state index contributed by atoms with van der Waals surface area (Å²) < 4.78 is 17.4. The van der Waals surface area contributed by atoms with Crippen molar-refractivity contribution in [1.29, 1.82) is 0 Å². The van der Waals surface area contributed by atoms with Crippen molar-refractivity contribution in [3.8, 4) is 17.0 Å². The van der Waals surface area contributed by atoms with Crippen molar-refractivity contribution in [2.45, 2.75) is 39.5 Å². The number of aliphatic hydroxyl groups excluding tert-OH is 1. The van der Waals surface area contributed by atoms with Crippen LogP contribution in [0.15, 0.2) is 59.1 Å². The summed E-state index contributed by atoms with van der Waals surface area (Å²) in [6.07, 6.45) is -0.648. The van der Waals surface area contributed by atoms with Gasteiger partial charge in [-0.2, -0.15) is 0 Å². The van der Waals surface area contributed by atoms with Crippen LogP contribution in [0.3, 0.4) is 0 Å². The van der Waals surface area contributed by atoms with Gasteiger partial charge in [-0.05, 0) is 32.4 Å². The van der Waals surface area contributed by atoms with Crippen molar-refractivity contribution in [3.63, 3.8) is 0 Å². The first kappa shape index (κ1) is 28.1. The molecular weight excluding hydrogens is 480 g/mol. The van der Waals surface area contributed by atoms with Gasteiger partial charge >= 0.3 is 0 Å². The number of rotatable bonds is 13. The first-order valence-corrected chi connectivity index (χ1v) is 13.6. The van der Waals surface area contributed by atoms with Gasteiger partial charge in [0.25, 0.3) is 0 Å². The second-order valence-corrected chi connectivity index (χ2v) is 10.3. The molecule has 3 aromatic rings. The summed E-state index contributed by atoms with van der Waals surface area (Å²) in [5.41, 5.74) is 3.95. The molecular formula is C30H42N4O4. The Kier molecular flexibility index (Phi) is 10.2. The van der Waals surface area contributed by atoms with Crippen molar-refractivity contribution in [3.05, 3.63) is 65.7 Å². The molecule has 1 saturated heterocycles. The van der Waals surface area contributed by atoms with Crippen molar-refractivity contribution in [2.75, 3.05) is 64.5 Å². The Morgan fingerprint density at radius 2 is 1.76 bits per heavy atom. The molecule has 1 aliphatic heterocycles. The van der Waals surface area contributed by atoms with Gasteiger partial charge < -0.3 is 24.0 Å². The van der Waals surface area contributed by atoms with E-state index in [1.165, 1.54) is 0 Å². The highest BCUT2D eigenvalue weighted by Gasteiger charge is 2.25. The highest BCUT2D eigenvalue weighted by molar-refractivity contribution is 5.68. The lowest BCUT2D eigenvalue weighted by atomic mass is 10.1. The van der Waals surface area contributed by atoms with Crippen LogP contribution in [0.2, 0.25) is 0 Å². The van der Waals surface area contributed by atoms with E-state index in [0.29, 0.717) is 13.1 Å². The number of aromatic nitrogens is 1. The second-order valence-electron chi connectivity index (χ2n) is 10.3. The third-order valence-electron chi connectivity index (χ3n) is 7.12. The Morgan fingerprint density at radius 3 is 2.47 bits per heavy atom. The lowest BCUT2D eigenvalue weighted by Gasteiger charge is -2.31. The minimum absolute atomic E-state index is 0.229. The fourth-order valence-electron chi connectivity index (χ4n) is 4.60. The van der Waals surface area contributed by atoms with Crippen molar-refractivity contribution in [1.82, 2.24) is 15.0 Å². The lowest BCUT2D eigenvalue weighted by Crippen LogP contribution is -2.43. The summed E-state index contributed by atoms with van der Waals surface area (Å²) in [5, 5.41) is 15.5. The van der Waals surface area contributed by atoms with E-state index in [4.69, 9.17) is 14.0 Å². The van der Waals surface area contributed by atoms with E-state index in [-0.39, 0.29) is 12.6 Å². The summed E-state index contributed by atoms with van der Waals surface area (Å²) in [7, 11) is 2.03. The number of aryl methyl sites for hydroxylation is 1. The fourth-order valence-corrected chi connectivity index (χ4v) is 4.60. The van der Waals surface area contributed by atoms with Gasteiger partial charge in [-0.3, -0.25) is 9.80 Å². The molecule has 1 aliphatic rings. The monoisotopic (exact) mass is 522 g/mol. The van der Waals surface area contributed by atoms with Crippen LogP contribution in [-0.4, -0.2) is 91.8 Å². The molecule has 206 valence electrons. The molecule has 8 nitrogen and oxygen atoms in total. The number of aliphatic hydroxyl groups is 1. The lowest BCUT2D eigenvalue weighted by molar-refractivity contribution is 0.0256. The van der Waals surface area contributed by atoms with E-state index in [1.54, 1.807) is 0 Å². The fraction of sp³-hybridized carbons (Fsp3) is 0.500. The molecule has 0 radical (unpaired) electrons. The molecule has 1 N–H and O–H groups in total. The highest BCUT2D eigenvalue weighted by atomic mass is 16.5. The van der Waals surface area contributed by atoms with E-state index in [9.17, 15) is 5.11 Å². The van der Waals surface area contributed by atoms with Crippen molar-refractivity contribution in [2.24, 2.45) is 0 Å². The average Bonchev–Trinajstić information content (AvgIpc) is 3.35. The van der Waals surface area contributed by atoms with Crippen LogP contribution in [0.1, 0.15) is 25.0 Å². The zero-order valence-corrected chi connectivity index (χ0v) is 23.2. The molecule has 38 heavy (non-hydrogen) atoms. The largest absolute Gasteiger partial charge is 0.491 e. The normalized spacial score (nSPS) is 15.2. The molecule has 0 saturated carbocycles. The summed E-state index contributed by atoms with van der Waals surface area (Å²) in [4.78, 5) is 6.82. The molecule has 8 heteroatoms. The van der Waals surface area contributed by atoms with E-state index < -0.39 is 6.10 Å². The maximum atomic E-state index is 11.0. The Balaban J connectivity index is 1.54. The maximum absolute atomic E-state index is 11.0. The first-order chi connectivity index (χ1) is 18.4. The summed E-state index contributed by atoms with van der Waals surface area (Å²) in [5.74, 6) is 1.57. The van der Waals surface area contributed by atoms with Gasteiger partial charge in [0.1, 0.15) is 24.2 Å². The third kappa shape index (κ3) is 7.57. The summed E-state index contributed by atoms with van der Waals surface area (Å²) in [6.45, 7) is 12.7. The Hall–Kier alpha value is -2.91. The van der Waals surface area contributed by atoms with Crippen LogP contribution in [0, 0.1) is 6.92 Å². The molecule has 2 heterocycles. The smallest absolute Gasteiger partial charge is 0.232 e. The molecule has 1 atom stereocenters. The SMILES string of the molecule is Cc1ccccc1OCC(O)CN(CCN1CCOCC1)Cc1c(-c2ccccc2)noc1N(C)C(C)C. The van der Waals surface area contributed by atoms with Gasteiger partial charge in [0.15, 0.2) is 0 Å². The summed E-state index contributed by atoms with van der Waals surface area (Å²) >= 11 is 0. The Morgan fingerprint density at radius 1 is 1.05 bits per heavy atom. The quantitative estimate of drug-likeness (QED) is 0.360. The molecule has 0 amide bonds. The molecule has 1 aromatic heterocycles. The van der Waals surface area contributed by atoms with Gasteiger partial charge in [-0.1, -0.05) is 53.7 Å². The van der Waals surface area contributed by atoms with Gasteiger partial charge in [0.2, 0.25) is 5.88 Å². The Labute approximate surface area is 226 Å². The molecule has 2 aromatic carbocycles. The predicted molar refractivity (Wildman–Crippen MR) is 151 cm³/mol. The second kappa shape index (κ2) is 13.8. The van der Waals surface area contributed by atoms with Crippen LogP contribution >= 0.6 is 0 Å². The third-order valence-corrected chi connectivity index (χ3v) is 7.12. The van der Waals surface area contributed by atoms with Crippen molar-refractivity contribution >= 4 is 5.88 Å². The van der Waals surface area contributed by atoms with Gasteiger partial charge in [0.05, 0.1) is 18.8 Å². The number of ether oxygens (including phenoxy) is 2. The number of para-hydroxylation sites is 1. The predicted octanol–water partition coefficient (Wildman–Crippen LogP) is 4.07. The number of nitrogens with zero attached hydrogens (tertiary/aromatic N) is 4.